The molecular weight excluding hydrogens is 342 g/mol. The maximum atomic E-state index is 12.0. The van der Waals surface area contributed by atoms with E-state index >= 15 is 0 Å². The Bertz CT molecular complexity index is 772. The molecule has 1 unspecified atom stereocenters. The predicted molar refractivity (Wildman–Crippen MR) is 104 cm³/mol. The molecule has 142 valence electrons. The molecule has 0 aromatic heterocycles. The number of hydrogen-bond acceptors (Lipinski definition) is 3. The van der Waals surface area contributed by atoms with Crippen molar-refractivity contribution in [2.75, 3.05) is 13.2 Å². The van der Waals surface area contributed by atoms with Crippen molar-refractivity contribution in [2.45, 2.75) is 32.1 Å². The topological polar surface area (TPSA) is 75.6 Å². The Hall–Kier alpha value is -2.82. The van der Waals surface area contributed by atoms with Crippen LogP contribution in [0.4, 0.5) is 4.79 Å². The van der Waals surface area contributed by atoms with Crippen LogP contribution in [0.3, 0.4) is 0 Å². The summed E-state index contributed by atoms with van der Waals surface area (Å²) in [6.07, 6.45) is 1.68. The van der Waals surface area contributed by atoms with Crippen molar-refractivity contribution in [3.63, 3.8) is 0 Å². The van der Waals surface area contributed by atoms with Crippen LogP contribution in [0.1, 0.15) is 43.2 Å². The number of benzene rings is 2. The highest BCUT2D eigenvalue weighted by Crippen LogP contribution is 2.44. The summed E-state index contributed by atoms with van der Waals surface area (Å²) in [7, 11) is 0. The first-order valence-electron chi connectivity index (χ1n) is 9.39. The van der Waals surface area contributed by atoms with Gasteiger partial charge in [0.05, 0.1) is 5.92 Å². The number of carbonyl (C=O) groups is 2. The first-order chi connectivity index (χ1) is 13.1. The summed E-state index contributed by atoms with van der Waals surface area (Å²) in [4.78, 5) is 22.8. The number of unbranched alkanes of at least 4 members (excludes halogenated alkanes) is 1. The third-order valence-electron chi connectivity index (χ3n) is 5.10. The van der Waals surface area contributed by atoms with Crippen LogP contribution in [-0.4, -0.2) is 30.3 Å². The number of aliphatic carboxylic acids is 1. The van der Waals surface area contributed by atoms with Gasteiger partial charge in [0.1, 0.15) is 6.61 Å². The van der Waals surface area contributed by atoms with Gasteiger partial charge in [-0.1, -0.05) is 61.9 Å². The fourth-order valence-electron chi connectivity index (χ4n) is 3.54. The van der Waals surface area contributed by atoms with E-state index in [9.17, 15) is 9.59 Å². The highest BCUT2D eigenvalue weighted by atomic mass is 16.5. The Morgan fingerprint density at radius 2 is 1.63 bits per heavy atom. The lowest BCUT2D eigenvalue weighted by Crippen LogP contribution is -2.27. The van der Waals surface area contributed by atoms with Gasteiger partial charge < -0.3 is 15.2 Å². The largest absolute Gasteiger partial charge is 0.481 e. The number of rotatable bonds is 8. The van der Waals surface area contributed by atoms with E-state index in [0.717, 1.165) is 12.8 Å². The molecule has 1 aliphatic carbocycles. The zero-order valence-electron chi connectivity index (χ0n) is 15.5. The Morgan fingerprint density at radius 1 is 1.04 bits per heavy atom. The van der Waals surface area contributed by atoms with E-state index in [1.807, 2.05) is 24.3 Å². The molecule has 2 aromatic rings. The van der Waals surface area contributed by atoms with E-state index in [1.54, 1.807) is 6.92 Å². The molecule has 0 heterocycles. The molecule has 5 heteroatoms. The van der Waals surface area contributed by atoms with Crippen molar-refractivity contribution in [3.05, 3.63) is 59.7 Å². The molecule has 0 bridgehead atoms. The van der Waals surface area contributed by atoms with E-state index < -0.39 is 12.1 Å². The van der Waals surface area contributed by atoms with Crippen LogP contribution in [-0.2, 0) is 9.53 Å². The molecular formula is C22H25NO4. The average molecular weight is 367 g/mol. The van der Waals surface area contributed by atoms with E-state index in [-0.39, 0.29) is 11.8 Å². The number of ether oxygens (including phenoxy) is 1. The number of fused-ring (bicyclic) bond motifs is 3. The van der Waals surface area contributed by atoms with Gasteiger partial charge in [-0.05, 0) is 35.1 Å². The lowest BCUT2D eigenvalue weighted by Gasteiger charge is -2.14. The van der Waals surface area contributed by atoms with Crippen molar-refractivity contribution in [1.82, 2.24) is 5.32 Å². The maximum absolute atomic E-state index is 12.0. The summed E-state index contributed by atoms with van der Waals surface area (Å²) in [5, 5.41) is 11.6. The van der Waals surface area contributed by atoms with Gasteiger partial charge in [0, 0.05) is 12.5 Å². The van der Waals surface area contributed by atoms with Crippen LogP contribution < -0.4 is 5.32 Å². The molecule has 0 radical (unpaired) electrons. The molecule has 3 rings (SSSR count). The van der Waals surface area contributed by atoms with Crippen molar-refractivity contribution in [2.24, 2.45) is 5.92 Å². The molecule has 1 amide bonds. The van der Waals surface area contributed by atoms with Gasteiger partial charge in [-0.25, -0.2) is 4.79 Å². The first kappa shape index (κ1) is 19.0. The van der Waals surface area contributed by atoms with Gasteiger partial charge in [0.15, 0.2) is 0 Å². The van der Waals surface area contributed by atoms with Crippen LogP contribution >= 0.6 is 0 Å². The smallest absolute Gasteiger partial charge is 0.407 e. The van der Waals surface area contributed by atoms with Gasteiger partial charge in [-0.3, -0.25) is 4.79 Å². The minimum atomic E-state index is -0.778. The number of alkyl carbamates (subject to hydrolysis) is 1. The number of nitrogens with one attached hydrogen (secondary N) is 1. The van der Waals surface area contributed by atoms with Crippen molar-refractivity contribution < 1.29 is 19.4 Å². The molecule has 5 nitrogen and oxygen atoms in total. The minimum Gasteiger partial charge on any atom is -0.481 e. The molecule has 2 N–H and O–H groups in total. The SMILES string of the molecule is CC(CCCCNC(=O)OCC1c2ccccc2-c2ccccc21)C(=O)O. The van der Waals surface area contributed by atoms with Crippen LogP contribution in [0.25, 0.3) is 11.1 Å². The van der Waals surface area contributed by atoms with Crippen molar-refractivity contribution in [3.8, 4) is 11.1 Å². The molecule has 0 fully saturated rings. The first-order valence-corrected chi connectivity index (χ1v) is 9.39. The molecule has 0 spiro atoms. The quantitative estimate of drug-likeness (QED) is 0.678. The minimum absolute atomic E-state index is 0.0552. The second-order valence-electron chi connectivity index (χ2n) is 6.99. The molecule has 0 aliphatic heterocycles. The standard InChI is InChI=1S/C22H25NO4/c1-15(21(24)25)8-6-7-13-23-22(26)27-14-20-18-11-4-2-9-16(18)17-10-3-5-12-19(17)20/h2-5,9-12,15,20H,6-8,13-14H2,1H3,(H,23,26)(H,24,25). The number of hydrogen-bond donors (Lipinski definition) is 2. The molecule has 0 saturated carbocycles. The van der Waals surface area contributed by atoms with Crippen molar-refractivity contribution in [1.29, 1.82) is 0 Å². The Morgan fingerprint density at radius 3 is 2.22 bits per heavy atom. The van der Waals surface area contributed by atoms with E-state index in [4.69, 9.17) is 9.84 Å². The lowest BCUT2D eigenvalue weighted by atomic mass is 9.98. The summed E-state index contributed by atoms with van der Waals surface area (Å²) >= 11 is 0. The van der Waals surface area contributed by atoms with Crippen LogP contribution in [0.2, 0.25) is 0 Å². The van der Waals surface area contributed by atoms with Crippen LogP contribution in [0, 0.1) is 5.92 Å². The Kier molecular flexibility index (Phi) is 6.12. The Balaban J connectivity index is 1.48. The molecule has 1 aliphatic rings. The highest BCUT2D eigenvalue weighted by molar-refractivity contribution is 5.79. The molecule has 2 aromatic carbocycles. The summed E-state index contributed by atoms with van der Waals surface area (Å²) < 4.78 is 5.46. The monoisotopic (exact) mass is 367 g/mol. The lowest BCUT2D eigenvalue weighted by molar-refractivity contribution is -0.141. The third kappa shape index (κ3) is 4.48. The van der Waals surface area contributed by atoms with E-state index in [2.05, 4.69) is 29.6 Å². The number of carbonyl (C=O) groups excluding carboxylic acids is 1. The van der Waals surface area contributed by atoms with Crippen molar-refractivity contribution >= 4 is 12.1 Å². The number of amides is 1. The second-order valence-corrected chi connectivity index (χ2v) is 6.99. The zero-order valence-corrected chi connectivity index (χ0v) is 15.5. The summed E-state index contributed by atoms with van der Waals surface area (Å²) in [6.45, 7) is 2.49. The van der Waals surface area contributed by atoms with Gasteiger partial charge in [-0.15, -0.1) is 0 Å². The zero-order chi connectivity index (χ0) is 19.2. The number of carboxylic acid groups (broad SMARTS) is 1. The summed E-state index contributed by atoms with van der Waals surface area (Å²) in [5.74, 6) is -1.07. The normalized spacial score (nSPS) is 13.5. The molecule has 1 atom stereocenters. The maximum Gasteiger partial charge on any atom is 0.407 e. The van der Waals surface area contributed by atoms with Gasteiger partial charge in [0.25, 0.3) is 0 Å². The van der Waals surface area contributed by atoms with E-state index in [1.165, 1.54) is 22.3 Å². The average Bonchev–Trinajstić information content (AvgIpc) is 3.00. The molecule has 0 saturated heterocycles. The molecule has 27 heavy (non-hydrogen) atoms. The fourth-order valence-corrected chi connectivity index (χ4v) is 3.54. The second kappa shape index (κ2) is 8.71. The van der Waals surface area contributed by atoms with E-state index in [0.29, 0.717) is 19.6 Å². The van der Waals surface area contributed by atoms with Crippen LogP contribution in [0.5, 0.6) is 0 Å². The highest BCUT2D eigenvalue weighted by Gasteiger charge is 2.28. The fraction of sp³-hybridized carbons (Fsp3) is 0.364. The number of carboxylic acids is 1. The summed E-state index contributed by atoms with van der Waals surface area (Å²) in [5.41, 5.74) is 4.78. The summed E-state index contributed by atoms with van der Waals surface area (Å²) in [6, 6.07) is 16.5. The van der Waals surface area contributed by atoms with Gasteiger partial charge in [-0.2, -0.15) is 0 Å². The third-order valence-corrected chi connectivity index (χ3v) is 5.10. The Labute approximate surface area is 159 Å². The van der Waals surface area contributed by atoms with Crippen LogP contribution in [0.15, 0.2) is 48.5 Å². The predicted octanol–water partition coefficient (Wildman–Crippen LogP) is 4.42. The van der Waals surface area contributed by atoms with Gasteiger partial charge in [0.2, 0.25) is 0 Å². The van der Waals surface area contributed by atoms with Gasteiger partial charge >= 0.3 is 12.1 Å².